The SMILES string of the molecule is CC(C)(C)c1cc2cc3c4ccc(-c5ccccc5)cc4n(-c4ccccc4C(F)(F)F)c4cc5c6c(cc(c1)c2c6c34)c1ccc(-c2ccccc2)cc1n5-c1ccccc1C(F)(F)F. The average Bonchev–Trinajstić information content (AvgIpc) is 3.31. The van der Waals surface area contributed by atoms with Gasteiger partial charge in [-0.2, -0.15) is 26.3 Å². The molecule has 66 heavy (non-hydrogen) atoms. The number of hydrogen-bond donors (Lipinski definition) is 0. The molecule has 0 spiro atoms. The van der Waals surface area contributed by atoms with E-state index < -0.39 is 23.5 Å². The molecule has 0 N–H and O–H groups in total. The highest BCUT2D eigenvalue weighted by molar-refractivity contribution is 6.41. The highest BCUT2D eigenvalue weighted by Crippen LogP contribution is 2.51. The number of nitrogens with zero attached hydrogens (tertiary/aromatic N) is 2. The fraction of sp³-hybridized carbons (Fsp3) is 0.103. The molecule has 0 fully saturated rings. The van der Waals surface area contributed by atoms with E-state index in [1.54, 1.807) is 21.3 Å². The van der Waals surface area contributed by atoms with Crippen LogP contribution in [0.25, 0.3) is 110 Å². The summed E-state index contributed by atoms with van der Waals surface area (Å²) in [5, 5.41) is 8.13. The minimum Gasteiger partial charge on any atom is -0.309 e. The Morgan fingerprint density at radius 2 is 0.742 bits per heavy atom. The van der Waals surface area contributed by atoms with Crippen molar-refractivity contribution < 1.29 is 26.3 Å². The summed E-state index contributed by atoms with van der Waals surface area (Å²) in [6, 6.07) is 52.8. The van der Waals surface area contributed by atoms with E-state index in [-0.39, 0.29) is 16.8 Å². The third-order valence-corrected chi connectivity index (χ3v) is 13.4. The van der Waals surface area contributed by atoms with Crippen LogP contribution in [0.5, 0.6) is 0 Å². The molecule has 2 heterocycles. The number of para-hydroxylation sites is 2. The second-order valence-corrected chi connectivity index (χ2v) is 18.3. The van der Waals surface area contributed by atoms with Crippen LogP contribution in [0.2, 0.25) is 0 Å². The van der Waals surface area contributed by atoms with Gasteiger partial charge < -0.3 is 9.13 Å². The molecule has 322 valence electrons. The molecule has 0 amide bonds. The first-order valence-electron chi connectivity index (χ1n) is 21.8. The lowest BCUT2D eigenvalue weighted by molar-refractivity contribution is -0.138. The van der Waals surface area contributed by atoms with Gasteiger partial charge >= 0.3 is 12.4 Å². The molecule has 0 unspecified atom stereocenters. The summed E-state index contributed by atoms with van der Waals surface area (Å²) in [5.74, 6) is 0. The zero-order valence-corrected chi connectivity index (χ0v) is 35.9. The van der Waals surface area contributed by atoms with Crippen LogP contribution in [0, 0.1) is 0 Å². The minimum atomic E-state index is -4.74. The second kappa shape index (κ2) is 14.0. The maximum atomic E-state index is 15.4. The predicted octanol–water partition coefficient (Wildman–Crippen LogP) is 17.4. The molecule has 0 radical (unpaired) electrons. The molecule has 2 nitrogen and oxygen atoms in total. The first kappa shape index (κ1) is 40.0. The number of aromatic nitrogens is 2. The minimum absolute atomic E-state index is 0.0931. The topological polar surface area (TPSA) is 9.86 Å². The van der Waals surface area contributed by atoms with Crippen molar-refractivity contribution in [3.05, 3.63) is 193 Å². The molecule has 10 aromatic carbocycles. The van der Waals surface area contributed by atoms with Crippen molar-refractivity contribution >= 4 is 75.9 Å². The van der Waals surface area contributed by atoms with E-state index in [1.807, 2.05) is 103 Å². The fourth-order valence-electron chi connectivity index (χ4n) is 10.4. The van der Waals surface area contributed by atoms with Crippen molar-refractivity contribution in [2.75, 3.05) is 0 Å². The van der Waals surface area contributed by atoms with E-state index in [2.05, 4.69) is 45.0 Å². The summed E-state index contributed by atoms with van der Waals surface area (Å²) in [5.41, 5.74) is 4.25. The number of pyridine rings is 2. The highest BCUT2D eigenvalue weighted by Gasteiger charge is 2.37. The largest absolute Gasteiger partial charge is 0.418 e. The predicted molar refractivity (Wildman–Crippen MR) is 258 cm³/mol. The standard InChI is InChI=1S/C58H38F6N2/c1-56(2,3)39-26-37-28-42-40-24-22-35(33-14-6-4-7-15-33)30-48(40)65(46-20-12-10-18-44(46)57(59,60)61)50-32-51-54-43(29-38(27-39)52(37)55(54)53(42)50)41-25-23-36(34-16-8-5-9-17-34)31-49(41)66(51)47-21-13-11-19-45(47)58(62,63)64/h4-32H,1-3H3. The molecule has 0 atom stereocenters. The summed E-state index contributed by atoms with van der Waals surface area (Å²) in [4.78, 5) is 0. The van der Waals surface area contributed by atoms with Crippen molar-refractivity contribution in [2.24, 2.45) is 0 Å². The van der Waals surface area contributed by atoms with Crippen molar-refractivity contribution in [1.29, 1.82) is 0 Å². The number of halogens is 6. The molecule has 0 saturated heterocycles. The zero-order chi connectivity index (χ0) is 45.4. The molecule has 8 heteroatoms. The Kier molecular flexibility index (Phi) is 8.45. The number of benzene rings is 10. The maximum absolute atomic E-state index is 15.4. The van der Waals surface area contributed by atoms with E-state index in [1.165, 1.54) is 24.3 Å². The quantitative estimate of drug-likeness (QED) is 0.0947. The van der Waals surface area contributed by atoms with Crippen molar-refractivity contribution in [3.8, 4) is 33.6 Å². The first-order valence-corrected chi connectivity index (χ1v) is 21.8. The van der Waals surface area contributed by atoms with Crippen LogP contribution < -0.4 is 0 Å². The highest BCUT2D eigenvalue weighted by atomic mass is 19.4. The van der Waals surface area contributed by atoms with E-state index in [0.29, 0.717) is 22.1 Å². The molecular weight excluding hydrogens is 839 g/mol. The number of hydrogen-bond acceptors (Lipinski definition) is 0. The number of fused-ring (bicyclic) bond motifs is 4. The van der Waals surface area contributed by atoms with Gasteiger partial charge in [0, 0.05) is 26.9 Å². The van der Waals surface area contributed by atoms with Crippen LogP contribution in [0.4, 0.5) is 26.3 Å². The van der Waals surface area contributed by atoms with Crippen molar-refractivity contribution in [2.45, 2.75) is 38.5 Å². The summed E-state index contributed by atoms with van der Waals surface area (Å²) >= 11 is 0. The molecule has 0 aliphatic heterocycles. The smallest absolute Gasteiger partial charge is 0.309 e. The fourth-order valence-corrected chi connectivity index (χ4v) is 10.4. The zero-order valence-electron chi connectivity index (χ0n) is 35.9. The molecule has 0 aliphatic rings. The number of alkyl halides is 6. The van der Waals surface area contributed by atoms with Crippen molar-refractivity contribution in [1.82, 2.24) is 9.13 Å². The Labute approximate surface area is 374 Å². The van der Waals surface area contributed by atoms with Gasteiger partial charge in [0.2, 0.25) is 0 Å². The van der Waals surface area contributed by atoms with Gasteiger partial charge in [-0.05, 0) is 115 Å². The average molecular weight is 877 g/mol. The van der Waals surface area contributed by atoms with E-state index in [9.17, 15) is 0 Å². The Bertz CT molecular complexity index is 3680. The molecule has 0 saturated carbocycles. The number of rotatable bonds is 4. The van der Waals surface area contributed by atoms with Gasteiger partial charge in [-0.15, -0.1) is 0 Å². The van der Waals surface area contributed by atoms with E-state index >= 15 is 26.3 Å². The lowest BCUT2D eigenvalue weighted by Crippen LogP contribution is -2.14. The monoisotopic (exact) mass is 876 g/mol. The van der Waals surface area contributed by atoms with Gasteiger partial charge in [-0.25, -0.2) is 0 Å². The van der Waals surface area contributed by atoms with Crippen LogP contribution in [0.3, 0.4) is 0 Å². The molecule has 12 rings (SSSR count). The lowest BCUT2D eigenvalue weighted by Gasteiger charge is -2.28. The summed E-state index contributed by atoms with van der Waals surface area (Å²) < 4.78 is 95.9. The van der Waals surface area contributed by atoms with Gasteiger partial charge in [0.1, 0.15) is 0 Å². The van der Waals surface area contributed by atoms with Crippen molar-refractivity contribution in [3.63, 3.8) is 0 Å². The normalized spacial score (nSPS) is 12.9. The molecular formula is C58H38F6N2. The summed E-state index contributed by atoms with van der Waals surface area (Å²) in [6.45, 7) is 6.49. The van der Waals surface area contributed by atoms with Gasteiger partial charge in [-0.3, -0.25) is 0 Å². The van der Waals surface area contributed by atoms with Crippen LogP contribution in [0.1, 0.15) is 37.5 Å². The molecule has 12 aromatic rings. The molecule has 0 bridgehead atoms. The molecule has 2 aromatic heterocycles. The Hall–Kier alpha value is -7.58. The van der Waals surface area contributed by atoms with Crippen LogP contribution in [0.15, 0.2) is 176 Å². The second-order valence-electron chi connectivity index (χ2n) is 18.3. The first-order chi connectivity index (χ1) is 31.6. The third kappa shape index (κ3) is 5.97. The lowest BCUT2D eigenvalue weighted by atomic mass is 9.81. The molecule has 0 aliphatic carbocycles. The van der Waals surface area contributed by atoms with E-state index in [4.69, 9.17) is 0 Å². The van der Waals surface area contributed by atoms with Gasteiger partial charge in [-0.1, -0.05) is 142 Å². The summed E-state index contributed by atoms with van der Waals surface area (Å²) in [6.07, 6.45) is -9.49. The van der Waals surface area contributed by atoms with Gasteiger partial charge in [0.05, 0.1) is 44.6 Å². The van der Waals surface area contributed by atoms with Crippen LogP contribution in [-0.2, 0) is 17.8 Å². The van der Waals surface area contributed by atoms with Gasteiger partial charge in [0.25, 0.3) is 0 Å². The van der Waals surface area contributed by atoms with Crippen LogP contribution in [-0.4, -0.2) is 9.13 Å². The third-order valence-electron chi connectivity index (χ3n) is 13.4. The maximum Gasteiger partial charge on any atom is 0.418 e. The Morgan fingerprint density at radius 1 is 0.333 bits per heavy atom. The van der Waals surface area contributed by atoms with Gasteiger partial charge in [0.15, 0.2) is 0 Å². The Morgan fingerprint density at radius 3 is 1.15 bits per heavy atom. The van der Waals surface area contributed by atoms with E-state index in [0.717, 1.165) is 93.8 Å². The summed E-state index contributed by atoms with van der Waals surface area (Å²) in [7, 11) is 0. The Balaban J connectivity index is 1.40. The van der Waals surface area contributed by atoms with Crippen LogP contribution >= 0.6 is 0 Å².